The van der Waals surface area contributed by atoms with E-state index in [-0.39, 0.29) is 17.7 Å². The number of carbonyl (C=O) groups is 1. The molecule has 0 radical (unpaired) electrons. The van der Waals surface area contributed by atoms with Gasteiger partial charge in [-0.25, -0.2) is 0 Å². The quantitative estimate of drug-likeness (QED) is 0.819. The van der Waals surface area contributed by atoms with Crippen LogP contribution in [0.3, 0.4) is 0 Å². The monoisotopic (exact) mass is 283 g/mol. The first-order valence-corrected chi connectivity index (χ1v) is 7.51. The zero-order valence-electron chi connectivity index (χ0n) is 11.6. The molecule has 1 aromatic heterocycles. The standard InChI is InChI=1S/C16H17N3O2/c20-15(13-9-5-1-2-6-10(9)13)19-18-14-11-7-3-4-8-12(11)17-16(14)21/h3-4,7-10,13,17,21H,1-2,5-6H2/t9-,10-/m0/s1. The lowest BCUT2D eigenvalue weighted by Gasteiger charge is -2.04. The van der Waals surface area contributed by atoms with Crippen LogP contribution < -0.4 is 0 Å². The summed E-state index contributed by atoms with van der Waals surface area (Å²) in [6, 6.07) is 7.44. The van der Waals surface area contributed by atoms with E-state index in [4.69, 9.17) is 0 Å². The van der Waals surface area contributed by atoms with E-state index in [1.165, 1.54) is 12.8 Å². The van der Waals surface area contributed by atoms with E-state index in [9.17, 15) is 9.90 Å². The number of para-hydroxylation sites is 1. The molecule has 108 valence electrons. The van der Waals surface area contributed by atoms with Crippen molar-refractivity contribution in [2.24, 2.45) is 28.0 Å². The number of azo groups is 1. The predicted molar refractivity (Wildman–Crippen MR) is 78.4 cm³/mol. The molecule has 0 aliphatic heterocycles. The zero-order chi connectivity index (χ0) is 14.4. The molecule has 2 atom stereocenters. The topological polar surface area (TPSA) is 77.8 Å². The molecule has 0 saturated heterocycles. The van der Waals surface area contributed by atoms with Crippen LogP contribution in [-0.4, -0.2) is 16.0 Å². The van der Waals surface area contributed by atoms with Crippen LogP contribution in [0, 0.1) is 17.8 Å². The first kappa shape index (κ1) is 12.6. The van der Waals surface area contributed by atoms with E-state index >= 15 is 0 Å². The summed E-state index contributed by atoms with van der Waals surface area (Å²) in [5, 5.41) is 18.5. The summed E-state index contributed by atoms with van der Waals surface area (Å²) in [7, 11) is 0. The molecule has 1 amide bonds. The Labute approximate surface area is 122 Å². The van der Waals surface area contributed by atoms with Gasteiger partial charge in [-0.2, -0.15) is 0 Å². The number of aromatic nitrogens is 1. The van der Waals surface area contributed by atoms with Crippen LogP contribution in [0.4, 0.5) is 5.69 Å². The van der Waals surface area contributed by atoms with Crippen molar-refractivity contribution >= 4 is 22.5 Å². The van der Waals surface area contributed by atoms with Crippen molar-refractivity contribution in [1.29, 1.82) is 0 Å². The molecule has 4 rings (SSSR count). The van der Waals surface area contributed by atoms with Gasteiger partial charge in [0.15, 0.2) is 5.69 Å². The molecule has 5 nitrogen and oxygen atoms in total. The molecule has 1 heterocycles. The predicted octanol–water partition coefficient (Wildman–Crippen LogP) is 3.92. The second-order valence-electron chi connectivity index (χ2n) is 6.04. The van der Waals surface area contributed by atoms with Gasteiger partial charge >= 0.3 is 0 Å². The van der Waals surface area contributed by atoms with Crippen molar-refractivity contribution in [3.05, 3.63) is 24.3 Å². The van der Waals surface area contributed by atoms with E-state index in [1.807, 2.05) is 24.3 Å². The number of carbonyl (C=O) groups excluding carboxylic acids is 1. The van der Waals surface area contributed by atoms with E-state index in [1.54, 1.807) is 0 Å². The highest BCUT2D eigenvalue weighted by Crippen LogP contribution is 2.56. The largest absolute Gasteiger partial charge is 0.493 e. The van der Waals surface area contributed by atoms with Crippen LogP contribution in [0.5, 0.6) is 5.88 Å². The third kappa shape index (κ3) is 2.04. The van der Waals surface area contributed by atoms with Crippen molar-refractivity contribution < 1.29 is 9.90 Å². The average molecular weight is 283 g/mol. The smallest absolute Gasteiger partial charge is 0.268 e. The molecule has 2 aromatic rings. The fraction of sp³-hybridized carbons (Fsp3) is 0.438. The third-order valence-corrected chi connectivity index (χ3v) is 4.85. The van der Waals surface area contributed by atoms with Gasteiger partial charge in [0.05, 0.1) is 5.52 Å². The number of nitrogens with zero attached hydrogens (tertiary/aromatic N) is 2. The second kappa shape index (κ2) is 4.69. The number of H-pyrrole nitrogens is 1. The Bertz CT molecular complexity index is 722. The number of benzene rings is 1. The molecule has 2 aliphatic rings. The molecule has 1 aromatic carbocycles. The Morgan fingerprint density at radius 2 is 1.90 bits per heavy atom. The van der Waals surface area contributed by atoms with Gasteiger partial charge in [-0.3, -0.25) is 4.79 Å². The third-order valence-electron chi connectivity index (χ3n) is 4.85. The number of hydrogen-bond donors (Lipinski definition) is 2. The summed E-state index contributed by atoms with van der Waals surface area (Å²) >= 11 is 0. The number of nitrogens with one attached hydrogen (secondary N) is 1. The Hall–Kier alpha value is -2.17. The first-order valence-electron chi connectivity index (χ1n) is 7.51. The molecular formula is C16H17N3O2. The van der Waals surface area contributed by atoms with Crippen molar-refractivity contribution in [1.82, 2.24) is 4.98 Å². The van der Waals surface area contributed by atoms with E-state index in [0.717, 1.165) is 23.7 Å². The number of amides is 1. The lowest BCUT2D eigenvalue weighted by molar-refractivity contribution is -0.120. The Morgan fingerprint density at radius 1 is 1.19 bits per heavy atom. The summed E-state index contributed by atoms with van der Waals surface area (Å²) in [6.07, 6.45) is 4.75. The van der Waals surface area contributed by atoms with Crippen LogP contribution in [0.2, 0.25) is 0 Å². The van der Waals surface area contributed by atoms with Crippen molar-refractivity contribution in [3.63, 3.8) is 0 Å². The number of rotatable bonds is 2. The molecule has 2 aliphatic carbocycles. The number of aromatic hydroxyl groups is 1. The number of aromatic amines is 1. The first-order chi connectivity index (χ1) is 10.3. The minimum atomic E-state index is -0.128. The SMILES string of the molecule is O=C(N=Nc1c(O)[nH]c2ccccc12)C1[C@H]2CCCC[C@H]12. The molecular weight excluding hydrogens is 266 g/mol. The van der Waals surface area contributed by atoms with E-state index < -0.39 is 0 Å². The van der Waals surface area contributed by atoms with Gasteiger partial charge in [0.2, 0.25) is 5.88 Å². The molecule has 0 unspecified atom stereocenters. The minimum absolute atomic E-state index is 0.0408. The Morgan fingerprint density at radius 3 is 2.67 bits per heavy atom. The van der Waals surface area contributed by atoms with Gasteiger partial charge in [0.1, 0.15) is 0 Å². The normalized spacial score (nSPS) is 27.9. The second-order valence-corrected chi connectivity index (χ2v) is 6.04. The molecule has 2 saturated carbocycles. The van der Waals surface area contributed by atoms with Crippen LogP contribution in [0.1, 0.15) is 25.7 Å². The van der Waals surface area contributed by atoms with Crippen molar-refractivity contribution in [2.45, 2.75) is 25.7 Å². The summed E-state index contributed by atoms with van der Waals surface area (Å²) in [4.78, 5) is 15.0. The van der Waals surface area contributed by atoms with Gasteiger partial charge in [-0.05, 0) is 30.7 Å². The summed E-state index contributed by atoms with van der Waals surface area (Å²) in [6.45, 7) is 0. The van der Waals surface area contributed by atoms with Crippen LogP contribution in [0.25, 0.3) is 10.9 Å². The summed E-state index contributed by atoms with van der Waals surface area (Å²) < 4.78 is 0. The maximum absolute atomic E-state index is 12.2. The highest BCUT2D eigenvalue weighted by Gasteiger charge is 2.54. The van der Waals surface area contributed by atoms with Gasteiger partial charge < -0.3 is 10.1 Å². The zero-order valence-corrected chi connectivity index (χ0v) is 11.6. The Balaban J connectivity index is 1.57. The summed E-state index contributed by atoms with van der Waals surface area (Å²) in [5.41, 5.74) is 1.14. The summed E-state index contributed by atoms with van der Waals surface area (Å²) in [5.74, 6) is 0.963. The highest BCUT2D eigenvalue weighted by molar-refractivity contribution is 5.94. The Kier molecular flexibility index (Phi) is 2.80. The van der Waals surface area contributed by atoms with E-state index in [2.05, 4.69) is 15.2 Å². The highest BCUT2D eigenvalue weighted by atomic mass is 16.3. The lowest BCUT2D eigenvalue weighted by Crippen LogP contribution is -1.97. The van der Waals surface area contributed by atoms with Crippen molar-refractivity contribution in [3.8, 4) is 5.88 Å². The number of fused-ring (bicyclic) bond motifs is 2. The maximum atomic E-state index is 12.2. The molecule has 2 N–H and O–H groups in total. The number of hydrogen-bond acceptors (Lipinski definition) is 3. The molecule has 21 heavy (non-hydrogen) atoms. The van der Waals surface area contributed by atoms with Crippen molar-refractivity contribution in [2.75, 3.05) is 0 Å². The van der Waals surface area contributed by atoms with Gasteiger partial charge in [-0.15, -0.1) is 10.2 Å². The van der Waals surface area contributed by atoms with Gasteiger partial charge in [-0.1, -0.05) is 31.0 Å². The van der Waals surface area contributed by atoms with Crippen LogP contribution in [0.15, 0.2) is 34.5 Å². The fourth-order valence-electron chi connectivity index (χ4n) is 3.74. The average Bonchev–Trinajstić information content (AvgIpc) is 3.14. The van der Waals surface area contributed by atoms with Gasteiger partial charge in [0.25, 0.3) is 5.91 Å². The molecule has 0 bridgehead atoms. The molecule has 0 spiro atoms. The van der Waals surface area contributed by atoms with Crippen LogP contribution in [-0.2, 0) is 4.79 Å². The maximum Gasteiger partial charge on any atom is 0.268 e. The molecule has 5 heteroatoms. The lowest BCUT2D eigenvalue weighted by atomic mass is 10.0. The van der Waals surface area contributed by atoms with E-state index in [0.29, 0.717) is 17.5 Å². The van der Waals surface area contributed by atoms with Crippen LogP contribution >= 0.6 is 0 Å². The van der Waals surface area contributed by atoms with Gasteiger partial charge in [0, 0.05) is 11.3 Å². The fourth-order valence-corrected chi connectivity index (χ4v) is 3.74. The minimum Gasteiger partial charge on any atom is -0.493 e. The molecule has 2 fully saturated rings.